The summed E-state index contributed by atoms with van der Waals surface area (Å²) in [6.45, 7) is 14.2. The standard InChI is InChI=1S/C79H154O17P2/c1-69(2)55-47-39-31-25-19-13-10-9-11-15-22-28-34-43-51-59-76(81)89-65-74(95-78(83)62-54-46-36-30-24-18-17-21-27-33-41-49-57-71(5)6)67-93-97(85,86)91-63-73(80)64-92-98(87,88)94-68-75(66-90-77(82)60-52-44-38-37-42-50-58-72(7)8)96-79(84)61-53-45-35-29-23-16-12-14-20-26-32-40-48-56-70(3)4/h69-75,80H,9-68H2,1-8H3,(H,85,86)(H,87,88)/t73-,74-,75-/m1/s1. The van der Waals surface area contributed by atoms with Gasteiger partial charge in [0.1, 0.15) is 19.3 Å². The van der Waals surface area contributed by atoms with Crippen molar-refractivity contribution in [2.45, 2.75) is 420 Å². The lowest BCUT2D eigenvalue weighted by molar-refractivity contribution is -0.161. The maximum absolute atomic E-state index is 13.1. The summed E-state index contributed by atoms with van der Waals surface area (Å²) in [5.74, 6) is 0.931. The molecular formula is C79H154O17P2. The minimum Gasteiger partial charge on any atom is -0.462 e. The monoisotopic (exact) mass is 1440 g/mol. The molecule has 5 atom stereocenters. The molecular weight excluding hydrogens is 1280 g/mol. The van der Waals surface area contributed by atoms with Gasteiger partial charge >= 0.3 is 39.5 Å². The maximum atomic E-state index is 13.1. The number of aliphatic hydroxyl groups is 1. The lowest BCUT2D eigenvalue weighted by atomic mass is 10.0. The summed E-state index contributed by atoms with van der Waals surface area (Å²) in [6.07, 6.45) is 54.2. The van der Waals surface area contributed by atoms with Gasteiger partial charge in [0, 0.05) is 25.7 Å². The van der Waals surface area contributed by atoms with E-state index in [-0.39, 0.29) is 25.7 Å². The molecule has 0 aromatic heterocycles. The van der Waals surface area contributed by atoms with Crippen LogP contribution in [0.3, 0.4) is 0 Å². The van der Waals surface area contributed by atoms with Crippen LogP contribution in [0.4, 0.5) is 0 Å². The number of carbonyl (C=O) groups excluding carboxylic acids is 4. The van der Waals surface area contributed by atoms with E-state index in [9.17, 15) is 43.2 Å². The van der Waals surface area contributed by atoms with Crippen molar-refractivity contribution >= 4 is 39.5 Å². The van der Waals surface area contributed by atoms with Crippen LogP contribution in [-0.2, 0) is 65.4 Å². The van der Waals surface area contributed by atoms with Crippen LogP contribution in [0, 0.1) is 23.7 Å². The molecule has 0 spiro atoms. The molecule has 0 radical (unpaired) electrons. The van der Waals surface area contributed by atoms with Gasteiger partial charge in [-0.1, -0.05) is 351 Å². The second-order valence-electron chi connectivity index (χ2n) is 30.4. The van der Waals surface area contributed by atoms with Crippen molar-refractivity contribution in [2.24, 2.45) is 23.7 Å². The predicted octanol–water partition coefficient (Wildman–Crippen LogP) is 23.2. The Morgan fingerprint density at radius 1 is 0.255 bits per heavy atom. The maximum Gasteiger partial charge on any atom is 0.472 e. The van der Waals surface area contributed by atoms with Gasteiger partial charge in [0.2, 0.25) is 0 Å². The number of aliphatic hydroxyl groups excluding tert-OH is 1. The third-order valence-corrected chi connectivity index (χ3v) is 20.2. The zero-order chi connectivity index (χ0) is 72.4. The van der Waals surface area contributed by atoms with Gasteiger partial charge in [0.05, 0.1) is 26.4 Å². The smallest absolute Gasteiger partial charge is 0.462 e. The molecule has 0 rings (SSSR count). The van der Waals surface area contributed by atoms with E-state index in [1.807, 2.05) is 0 Å². The van der Waals surface area contributed by atoms with E-state index in [1.165, 1.54) is 199 Å². The third kappa shape index (κ3) is 72.4. The fraction of sp³-hybridized carbons (Fsp3) is 0.949. The van der Waals surface area contributed by atoms with Crippen molar-refractivity contribution in [1.82, 2.24) is 0 Å². The molecule has 0 amide bonds. The Kier molecular flexibility index (Phi) is 66.8. The summed E-state index contributed by atoms with van der Waals surface area (Å²) in [6, 6.07) is 0. The van der Waals surface area contributed by atoms with Crippen LogP contribution in [0.15, 0.2) is 0 Å². The molecule has 0 saturated carbocycles. The van der Waals surface area contributed by atoms with E-state index in [1.54, 1.807) is 0 Å². The molecule has 0 aromatic carbocycles. The van der Waals surface area contributed by atoms with Gasteiger partial charge < -0.3 is 33.8 Å². The van der Waals surface area contributed by atoms with Crippen molar-refractivity contribution in [3.8, 4) is 0 Å². The highest BCUT2D eigenvalue weighted by atomic mass is 31.2. The molecule has 17 nitrogen and oxygen atoms in total. The molecule has 3 N–H and O–H groups in total. The highest BCUT2D eigenvalue weighted by Crippen LogP contribution is 2.45. The topological polar surface area (TPSA) is 237 Å². The highest BCUT2D eigenvalue weighted by molar-refractivity contribution is 7.47. The van der Waals surface area contributed by atoms with Crippen LogP contribution in [0.2, 0.25) is 0 Å². The first-order chi connectivity index (χ1) is 47.1. The van der Waals surface area contributed by atoms with Crippen molar-refractivity contribution in [1.29, 1.82) is 0 Å². The Labute approximate surface area is 600 Å². The Hall–Kier alpha value is -1.94. The Balaban J connectivity index is 5.23. The van der Waals surface area contributed by atoms with Crippen LogP contribution in [0.25, 0.3) is 0 Å². The zero-order valence-corrected chi connectivity index (χ0v) is 66.2. The molecule has 98 heavy (non-hydrogen) atoms. The summed E-state index contributed by atoms with van der Waals surface area (Å²) in [4.78, 5) is 72.9. The van der Waals surface area contributed by atoms with Crippen LogP contribution in [-0.4, -0.2) is 96.7 Å². The Morgan fingerprint density at radius 2 is 0.429 bits per heavy atom. The first-order valence-corrected chi connectivity index (χ1v) is 43.7. The summed E-state index contributed by atoms with van der Waals surface area (Å²) in [5.41, 5.74) is 0. The Bertz CT molecular complexity index is 1920. The largest absolute Gasteiger partial charge is 0.472 e. The summed E-state index contributed by atoms with van der Waals surface area (Å²) < 4.78 is 68.6. The molecule has 0 heterocycles. The fourth-order valence-electron chi connectivity index (χ4n) is 12.1. The van der Waals surface area contributed by atoms with Crippen molar-refractivity contribution in [3.63, 3.8) is 0 Å². The third-order valence-electron chi connectivity index (χ3n) is 18.3. The first-order valence-electron chi connectivity index (χ1n) is 40.7. The van der Waals surface area contributed by atoms with Crippen LogP contribution in [0.1, 0.15) is 402 Å². The number of hydrogen-bond donors (Lipinski definition) is 3. The SMILES string of the molecule is CC(C)CCCCCCCCCCCCCCCCCC(=O)OC[C@H](COP(=O)(O)OC[C@@H](O)COP(=O)(O)OC[C@@H](COC(=O)CCCCCCCCC(C)C)OC(=O)CCCCCCCCCCCCCCCC(C)C)OC(=O)CCCCCCCCCCCCCCC(C)C. The molecule has 2 unspecified atom stereocenters. The number of hydrogen-bond acceptors (Lipinski definition) is 15. The minimum absolute atomic E-state index is 0.106. The van der Waals surface area contributed by atoms with Gasteiger partial charge in [-0.05, 0) is 49.4 Å². The average molecular weight is 1440 g/mol. The molecule has 0 fully saturated rings. The number of carbonyl (C=O) groups is 4. The van der Waals surface area contributed by atoms with Gasteiger partial charge in [-0.25, -0.2) is 9.13 Å². The second kappa shape index (κ2) is 68.2. The highest BCUT2D eigenvalue weighted by Gasteiger charge is 2.30. The van der Waals surface area contributed by atoms with E-state index >= 15 is 0 Å². The van der Waals surface area contributed by atoms with E-state index in [4.69, 9.17) is 37.0 Å². The summed E-state index contributed by atoms with van der Waals surface area (Å²) in [7, 11) is -9.92. The lowest BCUT2D eigenvalue weighted by Crippen LogP contribution is -2.30. The predicted molar refractivity (Wildman–Crippen MR) is 400 cm³/mol. The molecule has 0 aliphatic heterocycles. The molecule has 0 aliphatic carbocycles. The molecule has 0 aliphatic rings. The van der Waals surface area contributed by atoms with Crippen molar-refractivity contribution in [2.75, 3.05) is 39.6 Å². The van der Waals surface area contributed by atoms with Crippen LogP contribution >= 0.6 is 15.6 Å². The Morgan fingerprint density at radius 3 is 0.633 bits per heavy atom. The van der Waals surface area contributed by atoms with Gasteiger partial charge in [0.15, 0.2) is 12.2 Å². The molecule has 0 bridgehead atoms. The van der Waals surface area contributed by atoms with Crippen molar-refractivity contribution in [3.05, 3.63) is 0 Å². The normalized spacial score (nSPS) is 14.1. The van der Waals surface area contributed by atoms with E-state index < -0.39 is 97.5 Å². The second-order valence-corrected chi connectivity index (χ2v) is 33.3. The molecule has 582 valence electrons. The lowest BCUT2D eigenvalue weighted by Gasteiger charge is -2.21. The van der Waals surface area contributed by atoms with Crippen LogP contribution < -0.4 is 0 Å². The fourth-order valence-corrected chi connectivity index (χ4v) is 13.7. The summed E-state index contributed by atoms with van der Waals surface area (Å²) in [5, 5.41) is 10.6. The molecule has 19 heteroatoms. The van der Waals surface area contributed by atoms with E-state index in [0.717, 1.165) is 114 Å². The average Bonchev–Trinajstić information content (AvgIpc) is 1.01. The van der Waals surface area contributed by atoms with Gasteiger partial charge in [-0.3, -0.25) is 37.3 Å². The van der Waals surface area contributed by atoms with Crippen molar-refractivity contribution < 1.29 is 80.2 Å². The quantitative estimate of drug-likeness (QED) is 0.0222. The minimum atomic E-state index is -4.96. The van der Waals surface area contributed by atoms with Gasteiger partial charge in [-0.2, -0.15) is 0 Å². The van der Waals surface area contributed by atoms with Crippen LogP contribution in [0.5, 0.6) is 0 Å². The zero-order valence-electron chi connectivity index (χ0n) is 64.4. The van der Waals surface area contributed by atoms with E-state index in [0.29, 0.717) is 31.6 Å². The first kappa shape index (κ1) is 96.1. The number of rotatable bonds is 76. The molecule has 0 aromatic rings. The number of phosphoric ester groups is 2. The van der Waals surface area contributed by atoms with Gasteiger partial charge in [0.25, 0.3) is 0 Å². The number of phosphoric acid groups is 2. The molecule has 0 saturated heterocycles. The van der Waals surface area contributed by atoms with E-state index in [2.05, 4.69) is 55.4 Å². The number of ether oxygens (including phenoxy) is 4. The summed E-state index contributed by atoms with van der Waals surface area (Å²) >= 11 is 0. The number of unbranched alkanes of at least 4 members (excludes halogenated alkanes) is 42. The van der Waals surface area contributed by atoms with Gasteiger partial charge in [-0.15, -0.1) is 0 Å². The number of esters is 4.